The summed E-state index contributed by atoms with van der Waals surface area (Å²) in [5, 5.41) is 0. The van der Waals surface area contributed by atoms with E-state index in [4.69, 9.17) is 23.4 Å². The molecule has 4 aromatic carbocycles. The fraction of sp³-hybridized carbons (Fsp3) is 0.100. The van der Waals surface area contributed by atoms with Gasteiger partial charge in [-0.05, 0) is 0 Å². The Labute approximate surface area is 236 Å². The maximum atomic E-state index is 13.4. The predicted molar refractivity (Wildman–Crippen MR) is 147 cm³/mol. The summed E-state index contributed by atoms with van der Waals surface area (Å²) < 4.78 is 33.6. The Hall–Kier alpha value is -4.51. The standard InChI is InChI=1S/3C8H8O3.C6H5.Sn/c3*1-11-7-4-2-6(3-5-7)8(9)10;1-2-4-6-5-3-1;/h3*2-5H,1H3,(H,9,10);1-5H;/q;;;;+3/p-3. The van der Waals surface area contributed by atoms with Crippen LogP contribution in [0.5, 0.6) is 17.2 Å². The molecular weight excluding hydrogens is 623 g/mol. The van der Waals surface area contributed by atoms with Crippen LogP contribution >= 0.6 is 0 Å². The van der Waals surface area contributed by atoms with E-state index in [9.17, 15) is 14.4 Å². The third-order valence-electron chi connectivity index (χ3n) is 5.79. The van der Waals surface area contributed by atoms with E-state index >= 15 is 0 Å². The molecule has 0 atom stereocenters. The molecule has 0 N–H and O–H groups in total. The van der Waals surface area contributed by atoms with Gasteiger partial charge in [0.15, 0.2) is 0 Å². The molecular formula is C30H26O9Sn. The number of hydrogen-bond acceptors (Lipinski definition) is 9. The van der Waals surface area contributed by atoms with Crippen LogP contribution < -0.4 is 17.8 Å². The molecule has 0 saturated heterocycles. The molecule has 10 heteroatoms. The molecule has 4 rings (SSSR count). The molecule has 40 heavy (non-hydrogen) atoms. The van der Waals surface area contributed by atoms with Crippen LogP contribution in [-0.4, -0.2) is 58.9 Å². The molecule has 0 aromatic heterocycles. The summed E-state index contributed by atoms with van der Waals surface area (Å²) in [5.74, 6) is -0.879. The Morgan fingerprint density at radius 1 is 0.450 bits per heavy atom. The second-order valence-corrected chi connectivity index (χ2v) is 14.8. The summed E-state index contributed by atoms with van der Waals surface area (Å²) in [6, 6.07) is 26.8. The summed E-state index contributed by atoms with van der Waals surface area (Å²) >= 11 is -5.65. The van der Waals surface area contributed by atoms with Crippen LogP contribution in [0.4, 0.5) is 0 Å². The van der Waals surface area contributed by atoms with Gasteiger partial charge >= 0.3 is 237 Å². The fourth-order valence-electron chi connectivity index (χ4n) is 3.61. The van der Waals surface area contributed by atoms with Crippen molar-refractivity contribution in [2.75, 3.05) is 21.3 Å². The zero-order valence-corrected chi connectivity index (χ0v) is 24.8. The quantitative estimate of drug-likeness (QED) is 0.231. The number of ether oxygens (including phenoxy) is 3. The minimum absolute atomic E-state index is 0.152. The molecule has 0 aliphatic carbocycles. The fourth-order valence-corrected chi connectivity index (χ4v) is 9.78. The van der Waals surface area contributed by atoms with Crippen molar-refractivity contribution in [2.24, 2.45) is 0 Å². The zero-order valence-electron chi connectivity index (χ0n) is 22.0. The first kappa shape index (κ1) is 28.5. The van der Waals surface area contributed by atoms with Crippen LogP contribution in [0.1, 0.15) is 31.1 Å². The first-order valence-electron chi connectivity index (χ1n) is 12.0. The van der Waals surface area contributed by atoms with Gasteiger partial charge in [0.1, 0.15) is 0 Å². The van der Waals surface area contributed by atoms with Crippen molar-refractivity contribution in [1.29, 1.82) is 0 Å². The Bertz CT molecular complexity index is 1300. The molecule has 0 unspecified atom stereocenters. The SMILES string of the molecule is COc1ccc(C(=O)[O][Sn]([O]C(=O)c2ccc(OC)cc2)([O]C(=O)c2ccc(OC)cc2)[c]2ccccc2)cc1. The molecule has 204 valence electrons. The molecule has 4 aromatic rings. The van der Waals surface area contributed by atoms with E-state index in [0.29, 0.717) is 20.8 Å². The van der Waals surface area contributed by atoms with E-state index < -0.39 is 37.5 Å². The van der Waals surface area contributed by atoms with E-state index in [1.54, 1.807) is 66.7 Å². The normalized spacial score (nSPS) is 10.7. The topological polar surface area (TPSA) is 107 Å². The number of carbonyl (C=O) groups excluding carboxylic acids is 3. The van der Waals surface area contributed by atoms with Gasteiger partial charge in [-0.2, -0.15) is 0 Å². The van der Waals surface area contributed by atoms with E-state index in [0.717, 1.165) is 0 Å². The third kappa shape index (κ3) is 6.73. The van der Waals surface area contributed by atoms with Gasteiger partial charge < -0.3 is 0 Å². The summed E-state index contributed by atoms with van der Waals surface area (Å²) in [4.78, 5) is 40.2. The zero-order chi connectivity index (χ0) is 28.5. The summed E-state index contributed by atoms with van der Waals surface area (Å²) in [7, 11) is 4.50. The first-order chi connectivity index (χ1) is 19.4. The van der Waals surface area contributed by atoms with E-state index in [1.807, 2.05) is 0 Å². The maximum absolute atomic E-state index is 13.4. The Morgan fingerprint density at radius 3 is 1.02 bits per heavy atom. The molecule has 0 radical (unpaired) electrons. The van der Waals surface area contributed by atoms with E-state index in [1.165, 1.54) is 57.7 Å². The van der Waals surface area contributed by atoms with Gasteiger partial charge in [0.25, 0.3) is 0 Å². The predicted octanol–water partition coefficient (Wildman–Crippen LogP) is 4.43. The number of methoxy groups -OCH3 is 3. The number of benzene rings is 4. The monoisotopic (exact) mass is 650 g/mol. The van der Waals surface area contributed by atoms with Crippen LogP contribution in [0.2, 0.25) is 0 Å². The number of carbonyl (C=O) groups is 3. The first-order valence-corrected chi connectivity index (χ1v) is 17.0. The Balaban J connectivity index is 1.76. The average Bonchev–Trinajstić information content (AvgIpc) is 3.01. The molecule has 0 bridgehead atoms. The van der Waals surface area contributed by atoms with Crippen LogP contribution in [0.15, 0.2) is 103 Å². The number of hydrogen-bond donors (Lipinski definition) is 0. The van der Waals surface area contributed by atoms with E-state index in [2.05, 4.69) is 0 Å². The minimum atomic E-state index is -5.65. The van der Waals surface area contributed by atoms with Gasteiger partial charge in [0, 0.05) is 0 Å². The van der Waals surface area contributed by atoms with Gasteiger partial charge in [-0.3, -0.25) is 0 Å². The number of rotatable bonds is 10. The van der Waals surface area contributed by atoms with Crippen molar-refractivity contribution in [2.45, 2.75) is 0 Å². The van der Waals surface area contributed by atoms with Crippen LogP contribution in [0.3, 0.4) is 0 Å². The Morgan fingerprint density at radius 2 is 0.750 bits per heavy atom. The molecule has 9 nitrogen and oxygen atoms in total. The average molecular weight is 649 g/mol. The summed E-state index contributed by atoms with van der Waals surface area (Å²) in [5.41, 5.74) is 0.455. The van der Waals surface area contributed by atoms with Crippen molar-refractivity contribution < 1.29 is 37.8 Å². The van der Waals surface area contributed by atoms with Gasteiger partial charge in [0.05, 0.1) is 0 Å². The second kappa shape index (κ2) is 13.0. The van der Waals surface area contributed by atoms with Crippen molar-refractivity contribution in [3.05, 3.63) is 120 Å². The third-order valence-corrected chi connectivity index (χ3v) is 12.6. The second-order valence-electron chi connectivity index (χ2n) is 8.28. The molecule has 0 amide bonds. The Kier molecular flexibility index (Phi) is 9.28. The van der Waals surface area contributed by atoms with Gasteiger partial charge in [-0.25, -0.2) is 0 Å². The van der Waals surface area contributed by atoms with Crippen LogP contribution in [0, 0.1) is 0 Å². The van der Waals surface area contributed by atoms with Crippen molar-refractivity contribution >= 4 is 41.1 Å². The molecule has 0 aliphatic rings. The van der Waals surface area contributed by atoms with E-state index in [-0.39, 0.29) is 16.7 Å². The van der Waals surface area contributed by atoms with Gasteiger partial charge in [-0.15, -0.1) is 0 Å². The van der Waals surface area contributed by atoms with Crippen molar-refractivity contribution in [3.8, 4) is 17.2 Å². The summed E-state index contributed by atoms with van der Waals surface area (Å²) in [6.07, 6.45) is 0. The molecule has 0 heterocycles. The molecule has 0 fully saturated rings. The molecule has 0 spiro atoms. The van der Waals surface area contributed by atoms with Crippen molar-refractivity contribution in [3.63, 3.8) is 0 Å². The van der Waals surface area contributed by atoms with Gasteiger partial charge in [-0.1, -0.05) is 0 Å². The van der Waals surface area contributed by atoms with Crippen LogP contribution in [-0.2, 0) is 9.22 Å². The van der Waals surface area contributed by atoms with Gasteiger partial charge in [0.2, 0.25) is 0 Å². The van der Waals surface area contributed by atoms with Crippen LogP contribution in [0.25, 0.3) is 0 Å². The molecule has 0 aliphatic heterocycles. The molecule has 0 saturated carbocycles. The van der Waals surface area contributed by atoms with Crippen molar-refractivity contribution in [1.82, 2.24) is 0 Å². The summed E-state index contributed by atoms with van der Waals surface area (Å²) in [6.45, 7) is 0.